The summed E-state index contributed by atoms with van der Waals surface area (Å²) in [4.78, 5) is 0. The second kappa shape index (κ2) is 7.14. The normalized spacial score (nSPS) is 12.8. The molecule has 1 unspecified atom stereocenters. The van der Waals surface area contributed by atoms with Gasteiger partial charge in [-0.3, -0.25) is 0 Å². The van der Waals surface area contributed by atoms with E-state index in [1.807, 2.05) is 44.2 Å². The van der Waals surface area contributed by atoms with Crippen molar-refractivity contribution < 1.29 is 14.6 Å². The SMILES string of the molecule is CCOC(OCC)C(O)c1cnnn1-c1ccccc1. The number of benzene rings is 1. The van der Waals surface area contributed by atoms with Gasteiger partial charge in [0.25, 0.3) is 0 Å². The first-order valence-electron chi connectivity index (χ1n) is 6.65. The van der Waals surface area contributed by atoms with E-state index in [0.717, 1.165) is 5.69 Å². The summed E-state index contributed by atoms with van der Waals surface area (Å²) in [5.74, 6) is 0. The van der Waals surface area contributed by atoms with Crippen LogP contribution in [0.15, 0.2) is 36.5 Å². The molecule has 2 aromatic rings. The Balaban J connectivity index is 2.26. The van der Waals surface area contributed by atoms with Gasteiger partial charge >= 0.3 is 0 Å². The first-order valence-corrected chi connectivity index (χ1v) is 6.65. The van der Waals surface area contributed by atoms with Gasteiger partial charge in [-0.05, 0) is 26.0 Å². The average Bonchev–Trinajstić information content (AvgIpc) is 2.96. The molecule has 0 amide bonds. The number of ether oxygens (including phenoxy) is 2. The number of aliphatic hydroxyl groups is 1. The van der Waals surface area contributed by atoms with Crippen LogP contribution in [0.4, 0.5) is 0 Å². The molecule has 1 N–H and O–H groups in total. The lowest BCUT2D eigenvalue weighted by Gasteiger charge is -2.22. The Hall–Kier alpha value is -1.76. The number of aromatic nitrogens is 3. The van der Waals surface area contributed by atoms with Crippen molar-refractivity contribution >= 4 is 0 Å². The van der Waals surface area contributed by atoms with Crippen LogP contribution >= 0.6 is 0 Å². The van der Waals surface area contributed by atoms with Gasteiger partial charge in [0.1, 0.15) is 6.10 Å². The molecule has 6 nitrogen and oxygen atoms in total. The molecule has 0 fully saturated rings. The molecule has 2 rings (SSSR count). The van der Waals surface area contributed by atoms with Crippen LogP contribution in [0, 0.1) is 0 Å². The quantitative estimate of drug-likeness (QED) is 0.780. The lowest BCUT2D eigenvalue weighted by molar-refractivity contribution is -0.193. The molecule has 0 aliphatic carbocycles. The summed E-state index contributed by atoms with van der Waals surface area (Å²) in [5, 5.41) is 18.3. The van der Waals surface area contributed by atoms with E-state index in [0.29, 0.717) is 18.9 Å². The van der Waals surface area contributed by atoms with Crippen molar-refractivity contribution in [3.8, 4) is 5.69 Å². The number of hydrogen-bond donors (Lipinski definition) is 1. The van der Waals surface area contributed by atoms with E-state index in [9.17, 15) is 5.11 Å². The van der Waals surface area contributed by atoms with Gasteiger partial charge in [-0.1, -0.05) is 23.4 Å². The molecule has 0 saturated heterocycles. The predicted octanol–water partition coefficient (Wildman–Crippen LogP) is 1.70. The largest absolute Gasteiger partial charge is 0.381 e. The predicted molar refractivity (Wildman–Crippen MR) is 73.4 cm³/mol. The number of nitrogens with zero attached hydrogens (tertiary/aromatic N) is 3. The summed E-state index contributed by atoms with van der Waals surface area (Å²) in [6.45, 7) is 4.61. The fourth-order valence-electron chi connectivity index (χ4n) is 1.91. The summed E-state index contributed by atoms with van der Waals surface area (Å²) in [7, 11) is 0. The molecule has 0 saturated carbocycles. The van der Waals surface area contributed by atoms with Gasteiger partial charge in [-0.2, -0.15) is 0 Å². The molecule has 0 bridgehead atoms. The summed E-state index contributed by atoms with van der Waals surface area (Å²) >= 11 is 0. The first-order chi connectivity index (χ1) is 9.77. The maximum atomic E-state index is 10.4. The molecule has 0 radical (unpaired) electrons. The van der Waals surface area contributed by atoms with Crippen LogP contribution in [-0.2, 0) is 9.47 Å². The molecule has 108 valence electrons. The third-order valence-corrected chi connectivity index (χ3v) is 2.80. The molecular weight excluding hydrogens is 258 g/mol. The Morgan fingerprint density at radius 2 is 1.80 bits per heavy atom. The minimum absolute atomic E-state index is 0.453. The molecule has 20 heavy (non-hydrogen) atoms. The third-order valence-electron chi connectivity index (χ3n) is 2.80. The topological polar surface area (TPSA) is 69.4 Å². The highest BCUT2D eigenvalue weighted by atomic mass is 16.7. The summed E-state index contributed by atoms with van der Waals surface area (Å²) < 4.78 is 12.4. The fourth-order valence-corrected chi connectivity index (χ4v) is 1.91. The van der Waals surface area contributed by atoms with Crippen molar-refractivity contribution in [1.82, 2.24) is 15.0 Å². The summed E-state index contributed by atoms with van der Waals surface area (Å²) in [5.41, 5.74) is 1.36. The molecule has 0 spiro atoms. The van der Waals surface area contributed by atoms with Crippen molar-refractivity contribution in [1.29, 1.82) is 0 Å². The Kier molecular flexibility index (Phi) is 5.23. The monoisotopic (exact) mass is 277 g/mol. The fraction of sp³-hybridized carbons (Fsp3) is 0.429. The van der Waals surface area contributed by atoms with E-state index >= 15 is 0 Å². The van der Waals surface area contributed by atoms with Crippen molar-refractivity contribution in [2.45, 2.75) is 26.2 Å². The molecule has 0 aliphatic rings. The number of aliphatic hydroxyl groups excluding tert-OH is 1. The number of hydrogen-bond acceptors (Lipinski definition) is 5. The van der Waals surface area contributed by atoms with Gasteiger partial charge < -0.3 is 14.6 Å². The van der Waals surface area contributed by atoms with Crippen molar-refractivity contribution in [2.24, 2.45) is 0 Å². The van der Waals surface area contributed by atoms with Crippen LogP contribution in [-0.4, -0.2) is 39.6 Å². The molecule has 1 heterocycles. The second-order valence-corrected chi connectivity index (χ2v) is 4.13. The van der Waals surface area contributed by atoms with Gasteiger partial charge in [-0.25, -0.2) is 4.68 Å². The number of rotatable bonds is 7. The smallest absolute Gasteiger partial charge is 0.189 e. The molecular formula is C14H19N3O3. The highest BCUT2D eigenvalue weighted by Crippen LogP contribution is 2.21. The standard InChI is InChI=1S/C14H19N3O3/c1-3-19-14(20-4-2)13(18)12-10-15-16-17(12)11-8-6-5-7-9-11/h5-10,13-14,18H,3-4H2,1-2H3. The Labute approximate surface area is 117 Å². The van der Waals surface area contributed by atoms with Gasteiger partial charge in [-0.15, -0.1) is 5.10 Å². The molecule has 6 heteroatoms. The van der Waals surface area contributed by atoms with E-state index in [-0.39, 0.29) is 0 Å². The van der Waals surface area contributed by atoms with Gasteiger partial charge in [0.05, 0.1) is 17.6 Å². The Bertz CT molecular complexity index is 509. The summed E-state index contributed by atoms with van der Waals surface area (Å²) in [6, 6.07) is 9.49. The molecule has 1 aromatic carbocycles. The van der Waals surface area contributed by atoms with Gasteiger partial charge in [0.2, 0.25) is 0 Å². The van der Waals surface area contributed by atoms with Crippen LogP contribution < -0.4 is 0 Å². The van der Waals surface area contributed by atoms with Crippen LogP contribution in [0.25, 0.3) is 5.69 Å². The Morgan fingerprint density at radius 1 is 1.15 bits per heavy atom. The van der Waals surface area contributed by atoms with E-state index in [4.69, 9.17) is 9.47 Å². The lowest BCUT2D eigenvalue weighted by Crippen LogP contribution is -2.27. The van der Waals surface area contributed by atoms with E-state index in [1.165, 1.54) is 6.20 Å². The van der Waals surface area contributed by atoms with Crippen molar-refractivity contribution in [2.75, 3.05) is 13.2 Å². The van der Waals surface area contributed by atoms with Crippen LogP contribution in [0.3, 0.4) is 0 Å². The van der Waals surface area contributed by atoms with E-state index in [2.05, 4.69) is 10.3 Å². The zero-order chi connectivity index (χ0) is 14.4. The zero-order valence-corrected chi connectivity index (χ0v) is 11.6. The zero-order valence-electron chi connectivity index (χ0n) is 11.6. The first kappa shape index (κ1) is 14.6. The van der Waals surface area contributed by atoms with E-state index in [1.54, 1.807) is 4.68 Å². The average molecular weight is 277 g/mol. The highest BCUT2D eigenvalue weighted by molar-refractivity contribution is 5.32. The van der Waals surface area contributed by atoms with E-state index < -0.39 is 12.4 Å². The minimum atomic E-state index is -0.954. The van der Waals surface area contributed by atoms with Crippen LogP contribution in [0.5, 0.6) is 0 Å². The van der Waals surface area contributed by atoms with Crippen LogP contribution in [0.2, 0.25) is 0 Å². The third kappa shape index (κ3) is 3.22. The highest BCUT2D eigenvalue weighted by Gasteiger charge is 2.26. The Morgan fingerprint density at radius 3 is 2.40 bits per heavy atom. The number of para-hydroxylation sites is 1. The van der Waals surface area contributed by atoms with Crippen LogP contribution in [0.1, 0.15) is 25.6 Å². The summed E-state index contributed by atoms with van der Waals surface area (Å²) in [6.07, 6.45) is -0.168. The van der Waals surface area contributed by atoms with Crippen molar-refractivity contribution in [3.05, 3.63) is 42.2 Å². The lowest BCUT2D eigenvalue weighted by atomic mass is 10.2. The molecule has 0 aliphatic heterocycles. The molecule has 1 aromatic heterocycles. The van der Waals surface area contributed by atoms with Gasteiger partial charge in [0, 0.05) is 13.2 Å². The van der Waals surface area contributed by atoms with Gasteiger partial charge in [0.15, 0.2) is 6.29 Å². The maximum absolute atomic E-state index is 10.4. The molecule has 1 atom stereocenters. The minimum Gasteiger partial charge on any atom is -0.381 e. The second-order valence-electron chi connectivity index (χ2n) is 4.13. The maximum Gasteiger partial charge on any atom is 0.189 e. The van der Waals surface area contributed by atoms with Crippen molar-refractivity contribution in [3.63, 3.8) is 0 Å².